The van der Waals surface area contributed by atoms with Crippen molar-refractivity contribution in [3.8, 4) is 0 Å². The van der Waals surface area contributed by atoms with Crippen molar-refractivity contribution in [1.82, 2.24) is 0 Å². The van der Waals surface area contributed by atoms with Gasteiger partial charge in [-0.2, -0.15) is 39.5 Å². The minimum absolute atomic E-state index is 0.0802. The molecular formula is C36H63F9NO8P. The summed E-state index contributed by atoms with van der Waals surface area (Å²) in [5, 5.41) is 0. The molecule has 328 valence electrons. The highest BCUT2D eigenvalue weighted by Gasteiger charge is 2.81. The number of carbonyl (C=O) groups excluding carboxylic acids is 2. The lowest BCUT2D eigenvalue weighted by Crippen LogP contribution is -2.60. The van der Waals surface area contributed by atoms with Crippen LogP contribution in [-0.2, 0) is 32.7 Å². The molecule has 0 saturated carbocycles. The van der Waals surface area contributed by atoms with Crippen molar-refractivity contribution < 1.29 is 81.6 Å². The van der Waals surface area contributed by atoms with E-state index in [1.165, 1.54) is 38.5 Å². The van der Waals surface area contributed by atoms with Crippen molar-refractivity contribution in [1.29, 1.82) is 0 Å². The molecule has 0 saturated heterocycles. The molecule has 0 aromatic rings. The molecule has 0 bridgehead atoms. The van der Waals surface area contributed by atoms with Gasteiger partial charge in [-0.1, -0.05) is 103 Å². The van der Waals surface area contributed by atoms with Gasteiger partial charge in [0.15, 0.2) is 6.10 Å². The van der Waals surface area contributed by atoms with Gasteiger partial charge >= 0.3 is 35.9 Å². The summed E-state index contributed by atoms with van der Waals surface area (Å²) in [4.78, 5) is 37.1. The summed E-state index contributed by atoms with van der Waals surface area (Å²) in [5.74, 6) is -20.4. The predicted molar refractivity (Wildman–Crippen MR) is 187 cm³/mol. The normalized spacial score (nSPS) is 14.8. The minimum atomic E-state index is -6.89. The van der Waals surface area contributed by atoms with E-state index in [1.54, 1.807) is 0 Å². The largest absolute Gasteiger partial charge is 0.756 e. The molecule has 0 spiro atoms. The highest BCUT2D eigenvalue weighted by Crippen LogP contribution is 2.54. The fourth-order valence-electron chi connectivity index (χ4n) is 5.26. The van der Waals surface area contributed by atoms with Gasteiger partial charge in [0, 0.05) is 19.3 Å². The second kappa shape index (κ2) is 26.4. The first kappa shape index (κ1) is 53.4. The molecule has 9 nitrogen and oxygen atoms in total. The molecule has 0 N–H and O–H groups in total. The molecule has 19 heteroatoms. The number of phosphoric acid groups is 1. The molecular weight excluding hydrogens is 776 g/mol. The first-order valence-corrected chi connectivity index (χ1v) is 20.8. The van der Waals surface area contributed by atoms with Crippen molar-refractivity contribution in [3.05, 3.63) is 0 Å². The van der Waals surface area contributed by atoms with Crippen LogP contribution in [0.3, 0.4) is 0 Å². The number of phosphoric ester groups is 1. The number of ether oxygens (including phenoxy) is 2. The standard InChI is InChI=1S/C36H63F9NO8P/c1-5-6-7-8-9-10-11-12-14-18-21-24-32(48)54-30(29-53-55(49,50)52-27-26-46(2,3)4)28-51-31(47)23-20-17-15-13-16-19-22-25-33(37,38)34(39,40)35(41,42)36(43,44)45/h30H,5-29H2,1-4H3/t30-/m1/s1. The Labute approximate surface area is 320 Å². The van der Waals surface area contributed by atoms with E-state index in [-0.39, 0.29) is 32.3 Å². The Kier molecular flexibility index (Phi) is 25.6. The van der Waals surface area contributed by atoms with Gasteiger partial charge in [-0.05, 0) is 19.3 Å². The van der Waals surface area contributed by atoms with Crippen LogP contribution in [0.25, 0.3) is 0 Å². The van der Waals surface area contributed by atoms with Crippen LogP contribution >= 0.6 is 7.82 Å². The van der Waals surface area contributed by atoms with E-state index in [4.69, 9.17) is 18.5 Å². The lowest BCUT2D eigenvalue weighted by atomic mass is 9.97. The van der Waals surface area contributed by atoms with Gasteiger partial charge in [-0.3, -0.25) is 14.2 Å². The van der Waals surface area contributed by atoms with E-state index in [1.807, 2.05) is 21.1 Å². The number of halogens is 9. The van der Waals surface area contributed by atoms with Crippen molar-refractivity contribution in [2.24, 2.45) is 0 Å². The van der Waals surface area contributed by atoms with E-state index >= 15 is 0 Å². The van der Waals surface area contributed by atoms with Crippen LogP contribution in [-0.4, -0.2) is 94.0 Å². The van der Waals surface area contributed by atoms with Crippen molar-refractivity contribution in [2.45, 2.75) is 172 Å². The molecule has 0 fully saturated rings. The molecule has 55 heavy (non-hydrogen) atoms. The summed E-state index contributed by atoms with van der Waals surface area (Å²) in [6, 6.07) is 0. The molecule has 0 heterocycles. The van der Waals surface area contributed by atoms with Gasteiger partial charge in [-0.15, -0.1) is 0 Å². The number of rotatable bonds is 34. The summed E-state index contributed by atoms with van der Waals surface area (Å²) in [6.07, 6.45) is 3.00. The smallest absolute Gasteiger partial charge is 0.460 e. The maximum atomic E-state index is 13.6. The van der Waals surface area contributed by atoms with E-state index in [0.29, 0.717) is 43.1 Å². The van der Waals surface area contributed by atoms with Gasteiger partial charge in [0.05, 0.1) is 27.7 Å². The van der Waals surface area contributed by atoms with Gasteiger partial charge < -0.3 is 27.9 Å². The molecule has 0 rings (SSSR count). The van der Waals surface area contributed by atoms with Gasteiger partial charge in [0.1, 0.15) is 19.8 Å². The quantitative estimate of drug-likeness (QED) is 0.0207. The fourth-order valence-corrected chi connectivity index (χ4v) is 5.98. The number of carbonyl (C=O) groups is 2. The Balaban J connectivity index is 4.64. The van der Waals surface area contributed by atoms with E-state index in [0.717, 1.165) is 25.7 Å². The van der Waals surface area contributed by atoms with Gasteiger partial charge in [0.2, 0.25) is 0 Å². The average molecular weight is 840 g/mol. The second-order valence-electron chi connectivity index (χ2n) is 15.0. The van der Waals surface area contributed by atoms with Crippen LogP contribution < -0.4 is 4.89 Å². The highest BCUT2D eigenvalue weighted by molar-refractivity contribution is 7.45. The third-order valence-electron chi connectivity index (χ3n) is 8.72. The van der Waals surface area contributed by atoms with E-state index < -0.39 is 75.9 Å². The molecule has 0 aromatic heterocycles. The van der Waals surface area contributed by atoms with Gasteiger partial charge in [0.25, 0.3) is 7.82 Å². The molecule has 0 amide bonds. The van der Waals surface area contributed by atoms with E-state index in [2.05, 4.69) is 6.92 Å². The van der Waals surface area contributed by atoms with Crippen LogP contribution in [0, 0.1) is 0 Å². The summed E-state index contributed by atoms with van der Waals surface area (Å²) >= 11 is 0. The molecule has 1 unspecified atom stereocenters. The second-order valence-corrected chi connectivity index (χ2v) is 16.4. The van der Waals surface area contributed by atoms with Crippen LogP contribution in [0.5, 0.6) is 0 Å². The molecule has 0 aliphatic carbocycles. The molecule has 0 aromatic carbocycles. The molecule has 2 atom stereocenters. The third kappa shape index (κ3) is 24.0. The summed E-state index contributed by atoms with van der Waals surface area (Å²) in [5.41, 5.74) is 0. The zero-order chi connectivity index (χ0) is 42.2. The lowest BCUT2D eigenvalue weighted by Gasteiger charge is -2.33. The molecule has 0 aliphatic heterocycles. The minimum Gasteiger partial charge on any atom is -0.756 e. The Hall–Kier alpha value is -1.62. The number of alkyl halides is 9. The van der Waals surface area contributed by atoms with Crippen molar-refractivity contribution >= 4 is 19.8 Å². The zero-order valence-electron chi connectivity index (χ0n) is 32.8. The maximum Gasteiger partial charge on any atom is 0.460 e. The first-order valence-electron chi connectivity index (χ1n) is 19.3. The Bertz CT molecular complexity index is 1110. The number of nitrogens with zero attached hydrogens (tertiary/aromatic N) is 1. The predicted octanol–water partition coefficient (Wildman–Crippen LogP) is 10.3. The topological polar surface area (TPSA) is 111 Å². The zero-order valence-corrected chi connectivity index (χ0v) is 33.7. The Morgan fingerprint density at radius 2 is 1.05 bits per heavy atom. The van der Waals surface area contributed by atoms with Crippen LogP contribution in [0.2, 0.25) is 0 Å². The maximum absolute atomic E-state index is 13.6. The SMILES string of the molecule is CCCCCCCCCCCCCC(=O)O[C@H](COC(=O)CCCCCCCCCC(F)(F)C(F)(F)C(F)(F)C(F)(F)F)COP(=O)([O-])OCC[N+](C)(C)C. The number of hydrogen-bond donors (Lipinski definition) is 0. The summed E-state index contributed by atoms with van der Waals surface area (Å²) in [6.45, 7) is 1.27. The van der Waals surface area contributed by atoms with Crippen LogP contribution in [0.4, 0.5) is 39.5 Å². The number of quaternary nitrogens is 1. The summed E-state index contributed by atoms with van der Waals surface area (Å²) in [7, 11) is 0.750. The van der Waals surface area contributed by atoms with Crippen LogP contribution in [0.15, 0.2) is 0 Å². The number of esters is 2. The van der Waals surface area contributed by atoms with Crippen molar-refractivity contribution in [3.63, 3.8) is 0 Å². The van der Waals surface area contributed by atoms with Crippen molar-refractivity contribution in [2.75, 3.05) is 47.5 Å². The Morgan fingerprint density at radius 3 is 1.51 bits per heavy atom. The number of likely N-dealkylation sites (N-methyl/N-ethyl adjacent to an activating group) is 1. The number of hydrogen-bond acceptors (Lipinski definition) is 8. The Morgan fingerprint density at radius 1 is 0.618 bits per heavy atom. The monoisotopic (exact) mass is 839 g/mol. The summed E-state index contributed by atoms with van der Waals surface area (Å²) < 4.78 is 150. The van der Waals surface area contributed by atoms with E-state index in [9.17, 15) is 58.6 Å². The lowest BCUT2D eigenvalue weighted by molar-refractivity contribution is -0.870. The highest BCUT2D eigenvalue weighted by atomic mass is 31.2. The average Bonchev–Trinajstić information content (AvgIpc) is 3.06. The van der Waals surface area contributed by atoms with Crippen LogP contribution in [0.1, 0.15) is 142 Å². The van der Waals surface area contributed by atoms with Gasteiger partial charge in [-0.25, -0.2) is 0 Å². The number of unbranched alkanes of at least 4 members (excludes halogenated alkanes) is 16. The third-order valence-corrected chi connectivity index (χ3v) is 9.69. The molecule has 0 radical (unpaired) electrons. The molecule has 0 aliphatic rings. The fraction of sp³-hybridized carbons (Fsp3) is 0.944. The first-order chi connectivity index (χ1) is 25.4.